The predicted molar refractivity (Wildman–Crippen MR) is 102 cm³/mol. The van der Waals surface area contributed by atoms with Gasteiger partial charge in [-0.1, -0.05) is 36.4 Å². The van der Waals surface area contributed by atoms with E-state index in [1.54, 1.807) is 0 Å². The summed E-state index contributed by atoms with van der Waals surface area (Å²) in [6.07, 6.45) is 3.98. The summed E-state index contributed by atoms with van der Waals surface area (Å²) in [6, 6.07) is 16.4. The molecule has 1 atom stereocenters. The van der Waals surface area contributed by atoms with Crippen LogP contribution in [-0.2, 0) is 22.4 Å². The van der Waals surface area contributed by atoms with Crippen molar-refractivity contribution in [3.63, 3.8) is 0 Å². The average molecular weight is 348 g/mol. The van der Waals surface area contributed by atoms with Gasteiger partial charge >= 0.3 is 0 Å². The highest BCUT2D eigenvalue weighted by Crippen LogP contribution is 2.35. The SMILES string of the molecule is CN(C(=O)Cc1ccc(N2CCCC2=O)cc1)[C@H]1CCc2ccccc21. The Morgan fingerprint density at radius 2 is 1.88 bits per heavy atom. The molecule has 0 spiro atoms. The van der Waals surface area contributed by atoms with Crippen molar-refractivity contribution in [3.8, 4) is 0 Å². The zero-order chi connectivity index (χ0) is 18.1. The molecule has 0 radical (unpaired) electrons. The summed E-state index contributed by atoms with van der Waals surface area (Å²) in [5, 5.41) is 0. The number of rotatable bonds is 4. The number of carbonyl (C=O) groups excluding carboxylic acids is 2. The van der Waals surface area contributed by atoms with E-state index in [0.717, 1.165) is 37.1 Å². The Kier molecular flexibility index (Phi) is 4.49. The lowest BCUT2D eigenvalue weighted by Gasteiger charge is -2.25. The first-order valence-corrected chi connectivity index (χ1v) is 9.36. The Morgan fingerprint density at radius 1 is 1.12 bits per heavy atom. The molecule has 2 amide bonds. The quantitative estimate of drug-likeness (QED) is 0.848. The summed E-state index contributed by atoms with van der Waals surface area (Å²) >= 11 is 0. The van der Waals surface area contributed by atoms with Crippen LogP contribution in [0.1, 0.15) is 42.0 Å². The normalized spacial score (nSPS) is 18.9. The number of carbonyl (C=O) groups is 2. The van der Waals surface area contributed by atoms with Crippen molar-refractivity contribution in [1.29, 1.82) is 0 Å². The molecule has 1 aliphatic carbocycles. The molecule has 4 nitrogen and oxygen atoms in total. The van der Waals surface area contributed by atoms with Crippen LogP contribution in [-0.4, -0.2) is 30.3 Å². The number of amides is 2. The van der Waals surface area contributed by atoms with E-state index in [1.165, 1.54) is 11.1 Å². The van der Waals surface area contributed by atoms with Gasteiger partial charge in [0.05, 0.1) is 12.5 Å². The molecular formula is C22H24N2O2. The maximum Gasteiger partial charge on any atom is 0.227 e. The van der Waals surface area contributed by atoms with Crippen molar-refractivity contribution in [1.82, 2.24) is 4.90 Å². The number of likely N-dealkylation sites (N-methyl/N-ethyl adjacent to an activating group) is 1. The third kappa shape index (κ3) is 3.12. The summed E-state index contributed by atoms with van der Waals surface area (Å²) in [7, 11) is 1.91. The molecule has 0 unspecified atom stereocenters. The summed E-state index contributed by atoms with van der Waals surface area (Å²) in [4.78, 5) is 28.3. The van der Waals surface area contributed by atoms with E-state index < -0.39 is 0 Å². The van der Waals surface area contributed by atoms with E-state index in [9.17, 15) is 9.59 Å². The van der Waals surface area contributed by atoms with Gasteiger partial charge in [0.1, 0.15) is 0 Å². The molecule has 2 aromatic carbocycles. The van der Waals surface area contributed by atoms with Crippen molar-refractivity contribution in [2.75, 3.05) is 18.5 Å². The Hall–Kier alpha value is -2.62. The number of aryl methyl sites for hydroxylation is 1. The lowest BCUT2D eigenvalue weighted by atomic mass is 10.1. The highest BCUT2D eigenvalue weighted by atomic mass is 16.2. The first-order valence-electron chi connectivity index (χ1n) is 9.36. The third-order valence-corrected chi connectivity index (χ3v) is 5.64. The zero-order valence-electron chi connectivity index (χ0n) is 15.1. The minimum atomic E-state index is 0.136. The van der Waals surface area contributed by atoms with Crippen LogP contribution in [0.2, 0.25) is 0 Å². The Bertz CT molecular complexity index is 828. The topological polar surface area (TPSA) is 40.6 Å². The number of hydrogen-bond acceptors (Lipinski definition) is 2. The zero-order valence-corrected chi connectivity index (χ0v) is 15.1. The van der Waals surface area contributed by atoms with Crippen LogP contribution in [0.25, 0.3) is 0 Å². The second-order valence-electron chi connectivity index (χ2n) is 7.25. The first kappa shape index (κ1) is 16.8. The van der Waals surface area contributed by atoms with Gasteiger partial charge in [0.25, 0.3) is 0 Å². The summed E-state index contributed by atoms with van der Waals surface area (Å²) in [5.41, 5.74) is 4.56. The highest BCUT2D eigenvalue weighted by molar-refractivity contribution is 5.95. The monoisotopic (exact) mass is 348 g/mol. The Morgan fingerprint density at radius 3 is 2.62 bits per heavy atom. The van der Waals surface area contributed by atoms with Crippen LogP contribution in [0.15, 0.2) is 48.5 Å². The largest absolute Gasteiger partial charge is 0.338 e. The molecule has 0 N–H and O–H groups in total. The molecule has 4 rings (SSSR count). The van der Waals surface area contributed by atoms with Gasteiger partial charge in [0.2, 0.25) is 11.8 Å². The van der Waals surface area contributed by atoms with Crippen LogP contribution < -0.4 is 4.90 Å². The molecule has 1 heterocycles. The molecule has 0 aromatic heterocycles. The minimum Gasteiger partial charge on any atom is -0.338 e. The van der Waals surface area contributed by atoms with Gasteiger partial charge in [0.15, 0.2) is 0 Å². The summed E-state index contributed by atoms with van der Waals surface area (Å²) in [5.74, 6) is 0.324. The van der Waals surface area contributed by atoms with E-state index in [-0.39, 0.29) is 17.9 Å². The van der Waals surface area contributed by atoms with E-state index in [1.807, 2.05) is 47.2 Å². The highest BCUT2D eigenvalue weighted by Gasteiger charge is 2.28. The van der Waals surface area contributed by atoms with E-state index >= 15 is 0 Å². The van der Waals surface area contributed by atoms with Gasteiger partial charge in [-0.3, -0.25) is 9.59 Å². The number of benzene rings is 2. The fraction of sp³-hybridized carbons (Fsp3) is 0.364. The maximum atomic E-state index is 12.8. The van der Waals surface area contributed by atoms with Gasteiger partial charge in [-0.2, -0.15) is 0 Å². The smallest absolute Gasteiger partial charge is 0.227 e. The van der Waals surface area contributed by atoms with Crippen molar-refractivity contribution in [2.24, 2.45) is 0 Å². The maximum absolute atomic E-state index is 12.8. The van der Waals surface area contributed by atoms with E-state index in [0.29, 0.717) is 12.8 Å². The molecule has 2 aliphatic rings. The Balaban J connectivity index is 1.42. The third-order valence-electron chi connectivity index (χ3n) is 5.64. The van der Waals surface area contributed by atoms with E-state index in [4.69, 9.17) is 0 Å². The predicted octanol–water partition coefficient (Wildman–Crippen LogP) is 3.50. The molecule has 1 saturated heterocycles. The van der Waals surface area contributed by atoms with Gasteiger partial charge in [-0.25, -0.2) is 0 Å². The van der Waals surface area contributed by atoms with Gasteiger partial charge in [0, 0.05) is 25.7 Å². The molecule has 26 heavy (non-hydrogen) atoms. The second-order valence-corrected chi connectivity index (χ2v) is 7.25. The van der Waals surface area contributed by atoms with Crippen molar-refractivity contribution in [2.45, 2.75) is 38.1 Å². The number of nitrogens with zero attached hydrogens (tertiary/aromatic N) is 2. The number of anilines is 1. The molecule has 4 heteroatoms. The number of fused-ring (bicyclic) bond motifs is 1. The Labute approximate surface area is 154 Å². The lowest BCUT2D eigenvalue weighted by molar-refractivity contribution is -0.131. The van der Waals surface area contributed by atoms with Crippen molar-refractivity contribution in [3.05, 3.63) is 65.2 Å². The fourth-order valence-electron chi connectivity index (χ4n) is 4.12. The van der Waals surface area contributed by atoms with Crippen molar-refractivity contribution >= 4 is 17.5 Å². The average Bonchev–Trinajstić information content (AvgIpc) is 3.28. The van der Waals surface area contributed by atoms with Gasteiger partial charge in [-0.05, 0) is 48.1 Å². The van der Waals surface area contributed by atoms with Crippen molar-refractivity contribution < 1.29 is 9.59 Å². The van der Waals surface area contributed by atoms with Crippen LogP contribution in [0.3, 0.4) is 0 Å². The molecule has 2 aromatic rings. The first-order chi connectivity index (χ1) is 12.6. The minimum absolute atomic E-state index is 0.136. The van der Waals surface area contributed by atoms with Crippen LogP contribution >= 0.6 is 0 Å². The molecule has 1 aliphatic heterocycles. The molecule has 0 bridgehead atoms. The summed E-state index contributed by atoms with van der Waals surface area (Å²) < 4.78 is 0. The van der Waals surface area contributed by atoms with Gasteiger partial charge < -0.3 is 9.80 Å². The van der Waals surface area contributed by atoms with Crippen LogP contribution in [0.4, 0.5) is 5.69 Å². The fourth-order valence-corrected chi connectivity index (χ4v) is 4.12. The van der Waals surface area contributed by atoms with Gasteiger partial charge in [-0.15, -0.1) is 0 Å². The lowest BCUT2D eigenvalue weighted by Crippen LogP contribution is -2.31. The van der Waals surface area contributed by atoms with E-state index in [2.05, 4.69) is 18.2 Å². The van der Waals surface area contributed by atoms with Crippen LogP contribution in [0, 0.1) is 0 Å². The summed E-state index contributed by atoms with van der Waals surface area (Å²) in [6.45, 7) is 0.793. The molecular weight excluding hydrogens is 324 g/mol. The molecule has 134 valence electrons. The molecule has 1 fully saturated rings. The standard InChI is InChI=1S/C22H24N2O2/c1-23(20-13-10-17-5-2-3-6-19(17)20)22(26)15-16-8-11-18(12-9-16)24-14-4-7-21(24)25/h2-3,5-6,8-9,11-12,20H,4,7,10,13-15H2,1H3/t20-/m0/s1. The second kappa shape index (κ2) is 6.94. The molecule has 0 saturated carbocycles. The number of hydrogen-bond donors (Lipinski definition) is 0. The van der Waals surface area contributed by atoms with Crippen LogP contribution in [0.5, 0.6) is 0 Å².